The van der Waals surface area contributed by atoms with Crippen LogP contribution in [0.4, 0.5) is 5.69 Å². The number of fused-ring (bicyclic) bond motifs is 3. The maximum Gasteiger partial charge on any atom is 0.0242 e. The molecule has 97 valence electrons. The van der Waals surface area contributed by atoms with Gasteiger partial charge in [0.2, 0.25) is 0 Å². The van der Waals surface area contributed by atoms with Gasteiger partial charge >= 0.3 is 0 Å². The van der Waals surface area contributed by atoms with Crippen LogP contribution in [0.25, 0.3) is 5.57 Å². The molecular weight excluding hydrogens is 400 g/mol. The van der Waals surface area contributed by atoms with E-state index < -0.39 is 0 Å². The summed E-state index contributed by atoms with van der Waals surface area (Å²) in [7, 11) is 0. The fourth-order valence-corrected chi connectivity index (χ4v) is 2.34. The summed E-state index contributed by atoms with van der Waals surface area (Å²) in [5.41, 5.74) is 6.26. The molecule has 1 radical (unpaired) electrons. The predicted molar refractivity (Wildman–Crippen MR) is 70.9 cm³/mol. The van der Waals surface area contributed by atoms with Gasteiger partial charge in [0.05, 0.1) is 0 Å². The molecule has 0 spiro atoms. The molecule has 0 N–H and O–H groups in total. The average Bonchev–Trinajstić information content (AvgIpc) is 2.72. The number of hydrogen-bond donors (Lipinski definition) is 0. The summed E-state index contributed by atoms with van der Waals surface area (Å²) in [6.45, 7) is 9.57. The van der Waals surface area contributed by atoms with E-state index in [-0.39, 0.29) is 20.1 Å². The Morgan fingerprint density at radius 2 is 2.11 bits per heavy atom. The smallest absolute Gasteiger partial charge is 0.0242 e. The van der Waals surface area contributed by atoms with E-state index in [2.05, 4.69) is 67.7 Å². The third kappa shape index (κ3) is 2.02. The van der Waals surface area contributed by atoms with Gasteiger partial charge in [-0.25, -0.2) is 0 Å². The van der Waals surface area contributed by atoms with Crippen molar-refractivity contribution < 1.29 is 20.1 Å². The minimum Gasteiger partial charge on any atom is -0.508 e. The zero-order valence-corrected chi connectivity index (χ0v) is 13.2. The largest absolute Gasteiger partial charge is 0.508 e. The predicted octanol–water partition coefficient (Wildman–Crippen LogP) is 3.31. The van der Waals surface area contributed by atoms with Gasteiger partial charge in [-0.3, -0.25) is 0 Å². The van der Waals surface area contributed by atoms with E-state index in [0.717, 1.165) is 12.2 Å². The van der Waals surface area contributed by atoms with E-state index >= 15 is 0 Å². The van der Waals surface area contributed by atoms with Crippen LogP contribution in [-0.2, 0) is 20.1 Å². The molecule has 2 nitrogen and oxygen atoms in total. The van der Waals surface area contributed by atoms with Crippen molar-refractivity contribution in [2.75, 3.05) is 11.4 Å². The summed E-state index contributed by atoms with van der Waals surface area (Å²) in [4.78, 5) is 4.41. The summed E-state index contributed by atoms with van der Waals surface area (Å²) in [5, 5.41) is 0. The Bertz CT molecular complexity index is 531. The number of benzene rings is 1. The molecule has 0 saturated heterocycles. The maximum atomic E-state index is 3.39. The van der Waals surface area contributed by atoms with Crippen molar-refractivity contribution in [2.24, 2.45) is 0 Å². The molecule has 0 amide bonds. The first-order valence-electron chi connectivity index (χ1n) is 6.02. The average molecular weight is 417 g/mol. The minimum absolute atomic E-state index is 0. The second-order valence-electron chi connectivity index (χ2n) is 4.64. The molecule has 3 heteroatoms. The van der Waals surface area contributed by atoms with Crippen molar-refractivity contribution in [1.82, 2.24) is 4.90 Å². The molecule has 0 saturated carbocycles. The fraction of sp³-hybridized carbons (Fsp3) is 0.267. The summed E-state index contributed by atoms with van der Waals surface area (Å²) in [5.74, 6) is 0. The second kappa shape index (κ2) is 4.91. The van der Waals surface area contributed by atoms with Gasteiger partial charge in [0, 0.05) is 25.8 Å². The van der Waals surface area contributed by atoms with Crippen molar-refractivity contribution >= 4 is 11.3 Å². The van der Waals surface area contributed by atoms with Crippen molar-refractivity contribution in [3.05, 3.63) is 54.0 Å². The summed E-state index contributed by atoms with van der Waals surface area (Å²) < 4.78 is 0. The SMILES string of the molecule is CCN1C=C2C=C(C)c3cc(C)c[c-]c3N2[CH-]1.[Ir]. The molecule has 2 aliphatic heterocycles. The van der Waals surface area contributed by atoms with Crippen LogP contribution in [-0.4, -0.2) is 11.4 Å². The zero-order chi connectivity index (χ0) is 12.0. The Morgan fingerprint density at radius 1 is 1.33 bits per heavy atom. The van der Waals surface area contributed by atoms with E-state index in [1.54, 1.807) is 0 Å². The number of aryl methyl sites for hydroxylation is 1. The van der Waals surface area contributed by atoms with Crippen LogP contribution in [0.1, 0.15) is 25.0 Å². The minimum atomic E-state index is 0. The summed E-state index contributed by atoms with van der Waals surface area (Å²) in [6, 6.07) is 7.68. The maximum absolute atomic E-state index is 3.39. The number of allylic oxidation sites excluding steroid dienone is 2. The third-order valence-corrected chi connectivity index (χ3v) is 3.30. The monoisotopic (exact) mass is 417 g/mol. The molecule has 2 heterocycles. The Kier molecular flexibility index (Phi) is 3.65. The van der Waals surface area contributed by atoms with E-state index in [1.165, 1.54) is 22.4 Å². The van der Waals surface area contributed by atoms with Crippen LogP contribution >= 0.6 is 0 Å². The molecular formula is C15H16IrN2-2. The summed E-state index contributed by atoms with van der Waals surface area (Å²) >= 11 is 0. The summed E-state index contributed by atoms with van der Waals surface area (Å²) in [6.07, 6.45) is 4.42. The quantitative estimate of drug-likeness (QED) is 0.648. The Balaban J connectivity index is 0.00000120. The van der Waals surface area contributed by atoms with Crippen LogP contribution in [0.3, 0.4) is 0 Å². The first-order chi connectivity index (χ1) is 8.19. The van der Waals surface area contributed by atoms with Crippen molar-refractivity contribution in [1.29, 1.82) is 0 Å². The van der Waals surface area contributed by atoms with Crippen LogP contribution in [0.15, 0.2) is 30.1 Å². The molecule has 0 aliphatic carbocycles. The molecule has 1 aromatic rings. The molecule has 0 aromatic heterocycles. The van der Waals surface area contributed by atoms with Gasteiger partial charge < -0.3 is 9.80 Å². The van der Waals surface area contributed by atoms with E-state index in [0.29, 0.717) is 0 Å². The van der Waals surface area contributed by atoms with Crippen molar-refractivity contribution in [3.63, 3.8) is 0 Å². The standard InChI is InChI=1S/C15H16N2.Ir/c1-4-16-9-13-8-12(3)14-7-11(2)5-6-15(14)17(13)10-16;/h5,7-10H,4H2,1-3H3;/q-2;. The molecule has 18 heavy (non-hydrogen) atoms. The number of rotatable bonds is 1. The van der Waals surface area contributed by atoms with Gasteiger partial charge in [-0.05, 0) is 18.8 Å². The number of nitrogens with zero attached hydrogens (tertiary/aromatic N) is 2. The molecule has 1 aromatic carbocycles. The van der Waals surface area contributed by atoms with Gasteiger partial charge in [0.15, 0.2) is 0 Å². The fourth-order valence-electron chi connectivity index (χ4n) is 2.34. The molecule has 3 rings (SSSR count). The number of anilines is 1. The topological polar surface area (TPSA) is 6.48 Å². The molecule has 0 fully saturated rings. The first-order valence-corrected chi connectivity index (χ1v) is 6.02. The number of hydrogen-bond acceptors (Lipinski definition) is 2. The first kappa shape index (κ1) is 13.4. The van der Waals surface area contributed by atoms with Gasteiger partial charge in [-0.2, -0.15) is 30.4 Å². The third-order valence-electron chi connectivity index (χ3n) is 3.30. The van der Waals surface area contributed by atoms with Gasteiger partial charge in [-0.1, -0.05) is 32.0 Å². The van der Waals surface area contributed by atoms with Crippen LogP contribution in [0, 0.1) is 19.7 Å². The van der Waals surface area contributed by atoms with Crippen molar-refractivity contribution in [3.8, 4) is 0 Å². The molecule has 0 bridgehead atoms. The van der Waals surface area contributed by atoms with E-state index in [1.807, 2.05) is 0 Å². The Labute approximate surface area is 122 Å². The normalized spacial score (nSPS) is 16.6. The molecule has 0 atom stereocenters. The van der Waals surface area contributed by atoms with Gasteiger partial charge in [-0.15, -0.1) is 5.56 Å². The van der Waals surface area contributed by atoms with Crippen LogP contribution in [0.2, 0.25) is 0 Å². The molecule has 0 unspecified atom stereocenters. The zero-order valence-electron chi connectivity index (χ0n) is 10.8. The molecule has 2 aliphatic rings. The van der Waals surface area contributed by atoms with E-state index in [9.17, 15) is 0 Å². The Morgan fingerprint density at radius 3 is 2.83 bits per heavy atom. The Hall–Kier alpha value is -1.05. The van der Waals surface area contributed by atoms with Gasteiger partial charge in [0.1, 0.15) is 0 Å². The van der Waals surface area contributed by atoms with E-state index in [4.69, 9.17) is 0 Å². The van der Waals surface area contributed by atoms with Crippen LogP contribution in [0.5, 0.6) is 0 Å². The van der Waals surface area contributed by atoms with Gasteiger partial charge in [0.25, 0.3) is 0 Å². The van der Waals surface area contributed by atoms with Crippen molar-refractivity contribution in [2.45, 2.75) is 20.8 Å². The van der Waals surface area contributed by atoms with Crippen LogP contribution < -0.4 is 4.90 Å². The second-order valence-corrected chi connectivity index (χ2v) is 4.64.